The fourth-order valence-electron chi connectivity index (χ4n) is 4.19. The van der Waals surface area contributed by atoms with Crippen LogP contribution in [0, 0.1) is 0 Å². The molecule has 0 radical (unpaired) electrons. The largest absolute Gasteiger partial charge is 0.454 e. The van der Waals surface area contributed by atoms with Gasteiger partial charge in [0.25, 0.3) is 0 Å². The van der Waals surface area contributed by atoms with Crippen molar-refractivity contribution >= 4 is 17.5 Å². The van der Waals surface area contributed by atoms with E-state index in [1.165, 1.54) is 5.69 Å². The Labute approximate surface area is 179 Å². The normalized spacial score (nSPS) is 16.9. The van der Waals surface area contributed by atoms with E-state index in [-0.39, 0.29) is 18.7 Å². The van der Waals surface area contributed by atoms with E-state index in [1.54, 1.807) is 0 Å². The molecule has 0 saturated carbocycles. The summed E-state index contributed by atoms with van der Waals surface area (Å²) < 4.78 is 12.8. The van der Waals surface area contributed by atoms with Crippen molar-refractivity contribution in [1.82, 2.24) is 15.1 Å². The molecule has 3 aromatic rings. The van der Waals surface area contributed by atoms with Gasteiger partial charge in [0.05, 0.1) is 25.2 Å². The van der Waals surface area contributed by atoms with Crippen LogP contribution in [0.1, 0.15) is 41.3 Å². The van der Waals surface area contributed by atoms with Crippen LogP contribution in [0.4, 0.5) is 0 Å². The van der Waals surface area contributed by atoms with Gasteiger partial charge in [0.2, 0.25) is 12.7 Å². The van der Waals surface area contributed by atoms with Gasteiger partial charge in [0.15, 0.2) is 11.5 Å². The summed E-state index contributed by atoms with van der Waals surface area (Å²) in [6.07, 6.45) is 5.10. The molecule has 30 heavy (non-hydrogen) atoms. The van der Waals surface area contributed by atoms with Crippen molar-refractivity contribution in [3.05, 3.63) is 76.1 Å². The summed E-state index contributed by atoms with van der Waals surface area (Å²) in [5, 5.41) is 8.51. The van der Waals surface area contributed by atoms with Gasteiger partial charge in [-0.2, -0.15) is 5.10 Å². The lowest BCUT2D eigenvalue weighted by molar-refractivity contribution is -0.121. The molecule has 0 saturated heterocycles. The Morgan fingerprint density at radius 1 is 1.17 bits per heavy atom. The predicted molar refractivity (Wildman–Crippen MR) is 113 cm³/mol. The lowest BCUT2D eigenvalue weighted by Gasteiger charge is -2.24. The first-order chi connectivity index (χ1) is 14.7. The molecule has 0 spiro atoms. The van der Waals surface area contributed by atoms with Crippen LogP contribution in [0.25, 0.3) is 0 Å². The van der Waals surface area contributed by atoms with E-state index < -0.39 is 0 Å². The van der Waals surface area contributed by atoms with Crippen molar-refractivity contribution < 1.29 is 14.3 Å². The average molecular weight is 424 g/mol. The fraction of sp³-hybridized carbons (Fsp3) is 0.304. The molecule has 2 heterocycles. The van der Waals surface area contributed by atoms with Crippen LogP contribution >= 0.6 is 11.6 Å². The number of halogens is 1. The third kappa shape index (κ3) is 3.87. The Balaban J connectivity index is 1.28. The molecule has 1 aromatic heterocycles. The number of aromatic nitrogens is 2. The average Bonchev–Trinajstić information content (AvgIpc) is 3.35. The smallest absolute Gasteiger partial charge is 0.231 e. The summed E-state index contributed by atoms with van der Waals surface area (Å²) in [7, 11) is 0. The maximum Gasteiger partial charge on any atom is 0.231 e. The number of hydrogen-bond donors (Lipinski definition) is 1. The van der Waals surface area contributed by atoms with E-state index in [9.17, 15) is 4.79 Å². The highest BCUT2D eigenvalue weighted by Crippen LogP contribution is 2.33. The van der Waals surface area contributed by atoms with E-state index in [0.29, 0.717) is 18.7 Å². The maximum atomic E-state index is 12.7. The van der Waals surface area contributed by atoms with Gasteiger partial charge in [-0.1, -0.05) is 29.8 Å². The van der Waals surface area contributed by atoms with Gasteiger partial charge in [-0.15, -0.1) is 0 Å². The Bertz CT molecular complexity index is 1100. The molecule has 154 valence electrons. The van der Waals surface area contributed by atoms with Gasteiger partial charge in [-0.25, -0.2) is 0 Å². The minimum atomic E-state index is -0.0108. The summed E-state index contributed by atoms with van der Waals surface area (Å²) in [5.74, 6) is 1.42. The van der Waals surface area contributed by atoms with Crippen molar-refractivity contribution in [2.45, 2.75) is 38.3 Å². The van der Waals surface area contributed by atoms with Gasteiger partial charge in [0, 0.05) is 16.3 Å². The molecule has 7 heteroatoms. The number of carbonyl (C=O) groups excluding carboxylic acids is 1. The molecule has 0 bridgehead atoms. The third-order valence-electron chi connectivity index (χ3n) is 5.62. The molecule has 2 aliphatic rings. The maximum absolute atomic E-state index is 12.7. The molecule has 6 nitrogen and oxygen atoms in total. The van der Waals surface area contributed by atoms with Crippen LogP contribution in [0.2, 0.25) is 5.02 Å². The van der Waals surface area contributed by atoms with E-state index in [0.717, 1.165) is 46.7 Å². The molecule has 2 aromatic carbocycles. The molecule has 1 unspecified atom stereocenters. The van der Waals surface area contributed by atoms with E-state index in [2.05, 4.69) is 10.4 Å². The number of amides is 1. The molecule has 1 aliphatic heterocycles. The minimum absolute atomic E-state index is 0.00527. The van der Waals surface area contributed by atoms with Gasteiger partial charge in [0.1, 0.15) is 0 Å². The number of ether oxygens (including phenoxy) is 2. The first kappa shape index (κ1) is 19.0. The van der Waals surface area contributed by atoms with E-state index in [1.807, 2.05) is 53.3 Å². The van der Waals surface area contributed by atoms with Crippen LogP contribution in [-0.2, 0) is 24.2 Å². The molecule has 1 N–H and O–H groups in total. The van der Waals surface area contributed by atoms with E-state index in [4.69, 9.17) is 21.1 Å². The molecule has 1 amide bonds. The minimum Gasteiger partial charge on any atom is -0.454 e. The van der Waals surface area contributed by atoms with Crippen molar-refractivity contribution in [3.63, 3.8) is 0 Å². The van der Waals surface area contributed by atoms with Gasteiger partial charge >= 0.3 is 0 Å². The Morgan fingerprint density at radius 3 is 2.97 bits per heavy atom. The van der Waals surface area contributed by atoms with Crippen LogP contribution in [0.5, 0.6) is 11.5 Å². The zero-order valence-electron chi connectivity index (χ0n) is 16.4. The number of nitrogens with zero attached hydrogens (tertiary/aromatic N) is 2. The highest BCUT2D eigenvalue weighted by atomic mass is 35.5. The number of benzene rings is 2. The van der Waals surface area contributed by atoms with Crippen molar-refractivity contribution in [2.24, 2.45) is 0 Å². The van der Waals surface area contributed by atoms with Gasteiger partial charge < -0.3 is 14.8 Å². The second-order valence-corrected chi connectivity index (χ2v) is 8.15. The lowest BCUT2D eigenvalue weighted by Crippen LogP contribution is -2.32. The number of carbonyl (C=O) groups is 1. The zero-order chi connectivity index (χ0) is 20.5. The number of fused-ring (bicyclic) bond motifs is 2. The van der Waals surface area contributed by atoms with Crippen LogP contribution < -0.4 is 14.8 Å². The Hall–Kier alpha value is -2.99. The molecule has 1 aliphatic carbocycles. The quantitative estimate of drug-likeness (QED) is 0.672. The van der Waals surface area contributed by atoms with Crippen molar-refractivity contribution in [2.75, 3.05) is 6.79 Å². The summed E-state index contributed by atoms with van der Waals surface area (Å²) in [5.41, 5.74) is 4.32. The number of hydrogen-bond acceptors (Lipinski definition) is 4. The Kier molecular flexibility index (Phi) is 5.09. The molecular weight excluding hydrogens is 402 g/mol. The van der Waals surface area contributed by atoms with E-state index >= 15 is 0 Å². The Morgan fingerprint density at radius 2 is 2.07 bits per heavy atom. The standard InChI is InChI=1S/C23H22ClN3O3/c24-17-4-1-3-16(9-17)13-27-20-6-2-5-19(18(20)12-25-27)26-23(28)11-15-7-8-21-22(10-15)30-14-29-21/h1,3-4,7-10,12,19H,2,5-6,11,13-14H2,(H,26,28). The fourth-order valence-corrected chi connectivity index (χ4v) is 4.41. The third-order valence-corrected chi connectivity index (χ3v) is 5.86. The predicted octanol–water partition coefficient (Wildman–Crippen LogP) is 4.05. The highest BCUT2D eigenvalue weighted by molar-refractivity contribution is 6.30. The SMILES string of the molecule is O=C(Cc1ccc2c(c1)OCO2)NC1CCCc2c1cnn2Cc1cccc(Cl)c1. The van der Waals surface area contributed by atoms with Gasteiger partial charge in [-0.05, 0) is 54.7 Å². The summed E-state index contributed by atoms with van der Waals surface area (Å²) >= 11 is 6.11. The molecule has 5 rings (SSSR count). The zero-order valence-corrected chi connectivity index (χ0v) is 17.2. The number of nitrogens with one attached hydrogen (secondary N) is 1. The second kappa shape index (κ2) is 8.03. The van der Waals surface area contributed by atoms with Crippen LogP contribution in [-0.4, -0.2) is 22.5 Å². The molecule has 1 atom stereocenters. The van der Waals surface area contributed by atoms with Crippen molar-refractivity contribution in [1.29, 1.82) is 0 Å². The lowest BCUT2D eigenvalue weighted by atomic mass is 9.92. The summed E-state index contributed by atoms with van der Waals surface area (Å²) in [4.78, 5) is 12.7. The molecular formula is C23H22ClN3O3. The monoisotopic (exact) mass is 423 g/mol. The summed E-state index contributed by atoms with van der Waals surface area (Å²) in [6, 6.07) is 13.4. The second-order valence-electron chi connectivity index (χ2n) is 7.71. The summed E-state index contributed by atoms with van der Waals surface area (Å²) in [6.45, 7) is 0.906. The first-order valence-electron chi connectivity index (χ1n) is 10.1. The topological polar surface area (TPSA) is 65.4 Å². The van der Waals surface area contributed by atoms with Crippen LogP contribution in [0.15, 0.2) is 48.7 Å². The van der Waals surface area contributed by atoms with Crippen molar-refractivity contribution in [3.8, 4) is 11.5 Å². The van der Waals surface area contributed by atoms with Crippen LogP contribution in [0.3, 0.4) is 0 Å². The highest BCUT2D eigenvalue weighted by Gasteiger charge is 2.26. The van der Waals surface area contributed by atoms with Gasteiger partial charge in [-0.3, -0.25) is 9.48 Å². The molecule has 0 fully saturated rings. The first-order valence-corrected chi connectivity index (χ1v) is 10.5. The number of rotatable bonds is 5.